The molecule has 0 aromatic heterocycles. The van der Waals surface area contributed by atoms with Crippen LogP contribution in [0, 0.1) is 30.6 Å². The Bertz CT molecular complexity index is 526. The fourth-order valence-corrected chi connectivity index (χ4v) is 5.06. The highest BCUT2D eigenvalue weighted by Crippen LogP contribution is 2.54. The Kier molecular flexibility index (Phi) is 3.16. The minimum absolute atomic E-state index is 0.155. The van der Waals surface area contributed by atoms with Gasteiger partial charge in [-0.25, -0.2) is 4.79 Å². The monoisotopic (exact) mass is 285 g/mol. The molecule has 21 heavy (non-hydrogen) atoms. The standard InChI is InChI=1S/C18H23NO2/c1-11-3-2-4-16(5-11)19-18(20)21-17-14-7-12-6-13(9-14)10-15(17)8-12/h2-5,12-15,17H,6-10H2,1H3,(H,19,20). The topological polar surface area (TPSA) is 38.3 Å². The molecule has 5 rings (SSSR count). The molecule has 1 amide bonds. The maximum atomic E-state index is 12.2. The van der Waals surface area contributed by atoms with Crippen molar-refractivity contribution >= 4 is 11.8 Å². The van der Waals surface area contributed by atoms with Crippen LogP contribution >= 0.6 is 0 Å². The molecule has 0 spiro atoms. The van der Waals surface area contributed by atoms with Crippen molar-refractivity contribution in [3.8, 4) is 0 Å². The van der Waals surface area contributed by atoms with Crippen molar-refractivity contribution in [2.75, 3.05) is 5.32 Å². The lowest BCUT2D eigenvalue weighted by Crippen LogP contribution is -2.50. The molecule has 4 saturated carbocycles. The number of amides is 1. The van der Waals surface area contributed by atoms with Crippen LogP contribution in [-0.2, 0) is 4.74 Å². The largest absolute Gasteiger partial charge is 0.445 e. The van der Waals surface area contributed by atoms with Gasteiger partial charge in [0.2, 0.25) is 0 Å². The number of carbonyl (C=O) groups excluding carboxylic acids is 1. The lowest BCUT2D eigenvalue weighted by Gasteiger charge is -2.53. The van der Waals surface area contributed by atoms with Crippen LogP contribution in [0.2, 0.25) is 0 Å². The summed E-state index contributed by atoms with van der Waals surface area (Å²) >= 11 is 0. The van der Waals surface area contributed by atoms with Gasteiger partial charge in [0.25, 0.3) is 0 Å². The zero-order valence-corrected chi connectivity index (χ0v) is 12.5. The smallest absolute Gasteiger partial charge is 0.411 e. The van der Waals surface area contributed by atoms with Crippen LogP contribution in [0.3, 0.4) is 0 Å². The SMILES string of the molecule is Cc1cccc(NC(=O)OC2C3CC4CC(C3)CC2C4)c1. The van der Waals surface area contributed by atoms with Gasteiger partial charge in [0.1, 0.15) is 6.10 Å². The van der Waals surface area contributed by atoms with Crippen molar-refractivity contribution in [3.05, 3.63) is 29.8 Å². The van der Waals surface area contributed by atoms with Crippen LogP contribution in [0.1, 0.15) is 37.7 Å². The van der Waals surface area contributed by atoms with Gasteiger partial charge in [-0.1, -0.05) is 12.1 Å². The molecular formula is C18H23NO2. The molecule has 0 heterocycles. The first-order valence-electron chi connectivity index (χ1n) is 8.21. The first-order chi connectivity index (χ1) is 10.2. The van der Waals surface area contributed by atoms with E-state index in [1.165, 1.54) is 32.1 Å². The Hall–Kier alpha value is -1.51. The maximum absolute atomic E-state index is 12.2. The molecule has 4 aliphatic carbocycles. The minimum atomic E-state index is -0.280. The van der Waals surface area contributed by atoms with Crippen molar-refractivity contribution < 1.29 is 9.53 Å². The third kappa shape index (κ3) is 2.54. The Morgan fingerprint density at radius 3 is 2.38 bits per heavy atom. The average molecular weight is 285 g/mol. The van der Waals surface area contributed by atoms with Crippen LogP contribution < -0.4 is 5.32 Å². The molecule has 0 saturated heterocycles. The molecule has 0 unspecified atom stereocenters. The summed E-state index contributed by atoms with van der Waals surface area (Å²) in [4.78, 5) is 12.2. The summed E-state index contributed by atoms with van der Waals surface area (Å²) in [6.45, 7) is 2.02. The summed E-state index contributed by atoms with van der Waals surface area (Å²) in [5.74, 6) is 3.05. The molecule has 112 valence electrons. The number of benzene rings is 1. The summed E-state index contributed by atoms with van der Waals surface area (Å²) < 4.78 is 5.82. The van der Waals surface area contributed by atoms with Crippen LogP contribution in [0.25, 0.3) is 0 Å². The summed E-state index contributed by atoms with van der Waals surface area (Å²) in [7, 11) is 0. The molecule has 0 atom stereocenters. The second kappa shape index (κ2) is 5.04. The van der Waals surface area contributed by atoms with Crippen molar-refractivity contribution in [1.29, 1.82) is 0 Å². The van der Waals surface area contributed by atoms with Crippen molar-refractivity contribution in [2.45, 2.75) is 45.1 Å². The number of nitrogens with one attached hydrogen (secondary N) is 1. The lowest BCUT2D eigenvalue weighted by atomic mass is 9.55. The van der Waals surface area contributed by atoms with E-state index < -0.39 is 0 Å². The van der Waals surface area contributed by atoms with Gasteiger partial charge < -0.3 is 4.74 Å². The molecular weight excluding hydrogens is 262 g/mol. The maximum Gasteiger partial charge on any atom is 0.411 e. The summed E-state index contributed by atoms with van der Waals surface area (Å²) in [6.07, 6.45) is 6.39. The number of hydrogen-bond donors (Lipinski definition) is 1. The van der Waals surface area contributed by atoms with Gasteiger partial charge in [0, 0.05) is 5.69 Å². The van der Waals surface area contributed by atoms with Gasteiger partial charge in [-0.05, 0) is 80.4 Å². The van der Waals surface area contributed by atoms with Gasteiger partial charge >= 0.3 is 6.09 Å². The molecule has 1 aromatic rings. The van der Waals surface area contributed by atoms with E-state index in [4.69, 9.17) is 4.74 Å². The average Bonchev–Trinajstić information content (AvgIpc) is 2.42. The summed E-state index contributed by atoms with van der Waals surface area (Å²) in [5.41, 5.74) is 1.96. The van der Waals surface area contributed by atoms with E-state index in [0.29, 0.717) is 11.8 Å². The number of hydrogen-bond acceptors (Lipinski definition) is 2. The Morgan fingerprint density at radius 2 is 1.76 bits per heavy atom. The first-order valence-corrected chi connectivity index (χ1v) is 8.21. The predicted molar refractivity (Wildman–Crippen MR) is 82.1 cm³/mol. The van der Waals surface area contributed by atoms with E-state index in [1.807, 2.05) is 31.2 Å². The van der Waals surface area contributed by atoms with E-state index in [-0.39, 0.29) is 12.2 Å². The zero-order valence-electron chi connectivity index (χ0n) is 12.5. The highest BCUT2D eigenvalue weighted by molar-refractivity contribution is 5.84. The molecule has 3 heteroatoms. The second-order valence-corrected chi connectivity index (χ2v) is 7.30. The van der Waals surface area contributed by atoms with Crippen LogP contribution in [0.5, 0.6) is 0 Å². The van der Waals surface area contributed by atoms with Crippen molar-refractivity contribution in [2.24, 2.45) is 23.7 Å². The van der Waals surface area contributed by atoms with Gasteiger partial charge in [0.15, 0.2) is 0 Å². The number of aryl methyl sites for hydroxylation is 1. The molecule has 4 bridgehead atoms. The Balaban J connectivity index is 1.41. The number of anilines is 1. The molecule has 4 aliphatic rings. The second-order valence-electron chi connectivity index (χ2n) is 7.30. The van der Waals surface area contributed by atoms with Gasteiger partial charge in [-0.2, -0.15) is 0 Å². The fraction of sp³-hybridized carbons (Fsp3) is 0.611. The van der Waals surface area contributed by atoms with E-state index in [0.717, 1.165) is 23.1 Å². The Labute approximate surface area is 126 Å². The van der Waals surface area contributed by atoms with Gasteiger partial charge in [0.05, 0.1) is 0 Å². The van der Waals surface area contributed by atoms with Crippen molar-refractivity contribution in [1.82, 2.24) is 0 Å². The van der Waals surface area contributed by atoms with Crippen LogP contribution in [0.4, 0.5) is 10.5 Å². The molecule has 1 N–H and O–H groups in total. The number of carbonyl (C=O) groups is 1. The zero-order chi connectivity index (χ0) is 14.4. The van der Waals surface area contributed by atoms with Gasteiger partial charge in [-0.3, -0.25) is 5.32 Å². The highest BCUT2D eigenvalue weighted by Gasteiger charge is 2.49. The van der Waals surface area contributed by atoms with Crippen molar-refractivity contribution in [3.63, 3.8) is 0 Å². The third-order valence-electron chi connectivity index (χ3n) is 5.65. The lowest BCUT2D eigenvalue weighted by molar-refractivity contribution is -0.0933. The van der Waals surface area contributed by atoms with E-state index in [9.17, 15) is 4.79 Å². The van der Waals surface area contributed by atoms with E-state index in [1.54, 1.807) is 0 Å². The van der Waals surface area contributed by atoms with Crippen LogP contribution in [-0.4, -0.2) is 12.2 Å². The molecule has 1 aromatic carbocycles. The van der Waals surface area contributed by atoms with Crippen LogP contribution in [0.15, 0.2) is 24.3 Å². The predicted octanol–water partition coefficient (Wildman–Crippen LogP) is 4.37. The summed E-state index contributed by atoms with van der Waals surface area (Å²) in [5, 5.41) is 2.88. The molecule has 4 fully saturated rings. The van der Waals surface area contributed by atoms with E-state index in [2.05, 4.69) is 5.32 Å². The van der Waals surface area contributed by atoms with E-state index >= 15 is 0 Å². The molecule has 0 aliphatic heterocycles. The minimum Gasteiger partial charge on any atom is -0.445 e. The summed E-state index contributed by atoms with van der Waals surface area (Å²) in [6, 6.07) is 7.85. The first kappa shape index (κ1) is 13.2. The number of ether oxygens (including phenoxy) is 1. The quantitative estimate of drug-likeness (QED) is 0.876. The normalized spacial score (nSPS) is 36.5. The highest BCUT2D eigenvalue weighted by atomic mass is 16.6. The molecule has 3 nitrogen and oxygen atoms in total. The van der Waals surface area contributed by atoms with Gasteiger partial charge in [-0.15, -0.1) is 0 Å². The third-order valence-corrected chi connectivity index (χ3v) is 5.65. The fourth-order valence-electron chi connectivity index (χ4n) is 5.06. The number of rotatable bonds is 2. The Morgan fingerprint density at radius 1 is 1.10 bits per heavy atom. The molecule has 0 radical (unpaired) electrons.